The molecule has 0 saturated heterocycles. The van der Waals surface area contributed by atoms with Gasteiger partial charge in [0.15, 0.2) is 0 Å². The van der Waals surface area contributed by atoms with Gasteiger partial charge < -0.3 is 5.73 Å². The first-order chi connectivity index (χ1) is 6.04. The lowest BCUT2D eigenvalue weighted by molar-refractivity contribution is 0.355. The third kappa shape index (κ3) is 2.60. The molecular formula is C10H15N3. The van der Waals surface area contributed by atoms with Crippen molar-refractivity contribution in [3.05, 3.63) is 18.0 Å². The average Bonchev–Trinajstić information content (AvgIpc) is 2.47. The van der Waals surface area contributed by atoms with Gasteiger partial charge in [-0.25, -0.2) is 0 Å². The van der Waals surface area contributed by atoms with Gasteiger partial charge in [-0.05, 0) is 20.8 Å². The summed E-state index contributed by atoms with van der Waals surface area (Å²) in [4.78, 5) is 0. The van der Waals surface area contributed by atoms with Gasteiger partial charge in [-0.1, -0.05) is 11.8 Å². The van der Waals surface area contributed by atoms with Crippen molar-refractivity contribution < 1.29 is 0 Å². The van der Waals surface area contributed by atoms with Crippen molar-refractivity contribution in [3.8, 4) is 11.8 Å². The van der Waals surface area contributed by atoms with Crippen molar-refractivity contribution >= 4 is 0 Å². The monoisotopic (exact) mass is 177 g/mol. The lowest BCUT2D eigenvalue weighted by Crippen LogP contribution is -2.21. The summed E-state index contributed by atoms with van der Waals surface area (Å²) >= 11 is 0. The van der Waals surface area contributed by atoms with Crippen molar-refractivity contribution in [2.24, 2.45) is 5.73 Å². The lowest BCUT2D eigenvalue weighted by atomic mass is 10.1. The molecule has 0 aromatic carbocycles. The molecule has 0 aliphatic heterocycles. The second-order valence-corrected chi connectivity index (χ2v) is 3.85. The minimum Gasteiger partial charge on any atom is -0.320 e. The summed E-state index contributed by atoms with van der Waals surface area (Å²) in [6, 6.07) is 0. The molecule has 0 fully saturated rings. The summed E-state index contributed by atoms with van der Waals surface area (Å²) in [7, 11) is 0. The molecule has 0 saturated carbocycles. The van der Waals surface area contributed by atoms with Crippen molar-refractivity contribution in [3.63, 3.8) is 0 Å². The number of aromatic nitrogens is 2. The Bertz CT molecular complexity index is 333. The molecule has 2 N–H and O–H groups in total. The van der Waals surface area contributed by atoms with Crippen LogP contribution in [0.2, 0.25) is 0 Å². The molecule has 0 atom stereocenters. The maximum absolute atomic E-state index is 5.27. The van der Waals surface area contributed by atoms with Crippen LogP contribution in [-0.4, -0.2) is 16.3 Å². The predicted octanol–water partition coefficient (Wildman–Crippen LogP) is 0.948. The zero-order valence-corrected chi connectivity index (χ0v) is 8.33. The Labute approximate surface area is 78.9 Å². The number of hydrogen-bond donors (Lipinski definition) is 1. The second kappa shape index (κ2) is 3.63. The highest BCUT2D eigenvalue weighted by molar-refractivity contribution is 5.30. The molecule has 70 valence electrons. The molecule has 0 aliphatic rings. The third-order valence-corrected chi connectivity index (χ3v) is 1.60. The van der Waals surface area contributed by atoms with Gasteiger partial charge in [-0.2, -0.15) is 5.10 Å². The Morgan fingerprint density at radius 1 is 1.54 bits per heavy atom. The van der Waals surface area contributed by atoms with Crippen LogP contribution in [0.1, 0.15) is 26.3 Å². The molecule has 13 heavy (non-hydrogen) atoms. The van der Waals surface area contributed by atoms with Crippen LogP contribution in [0, 0.1) is 11.8 Å². The predicted molar refractivity (Wildman–Crippen MR) is 53.2 cm³/mol. The van der Waals surface area contributed by atoms with E-state index in [4.69, 9.17) is 5.73 Å². The largest absolute Gasteiger partial charge is 0.320 e. The molecule has 1 heterocycles. The Morgan fingerprint density at radius 2 is 2.23 bits per heavy atom. The molecule has 3 heteroatoms. The lowest BCUT2D eigenvalue weighted by Gasteiger charge is -2.18. The van der Waals surface area contributed by atoms with Crippen LogP contribution < -0.4 is 5.73 Å². The van der Waals surface area contributed by atoms with Crippen molar-refractivity contribution in [2.75, 3.05) is 6.54 Å². The summed E-state index contributed by atoms with van der Waals surface area (Å²) in [5.74, 6) is 5.73. The second-order valence-electron chi connectivity index (χ2n) is 3.85. The third-order valence-electron chi connectivity index (χ3n) is 1.60. The van der Waals surface area contributed by atoms with E-state index in [1.165, 1.54) is 0 Å². The Balaban J connectivity index is 2.87. The highest BCUT2D eigenvalue weighted by Crippen LogP contribution is 2.12. The summed E-state index contributed by atoms with van der Waals surface area (Å²) in [5.41, 5.74) is 6.20. The fraction of sp³-hybridized carbons (Fsp3) is 0.500. The maximum Gasteiger partial charge on any atom is 0.0646 e. The van der Waals surface area contributed by atoms with Gasteiger partial charge in [0.2, 0.25) is 0 Å². The van der Waals surface area contributed by atoms with E-state index in [0.29, 0.717) is 6.54 Å². The molecule has 0 spiro atoms. The Hall–Kier alpha value is -1.27. The Morgan fingerprint density at radius 3 is 2.69 bits per heavy atom. The first-order valence-electron chi connectivity index (χ1n) is 4.28. The van der Waals surface area contributed by atoms with Gasteiger partial charge >= 0.3 is 0 Å². The summed E-state index contributed by atoms with van der Waals surface area (Å²) in [6.45, 7) is 6.68. The van der Waals surface area contributed by atoms with E-state index in [2.05, 4.69) is 37.7 Å². The van der Waals surface area contributed by atoms with Gasteiger partial charge in [0.05, 0.1) is 23.8 Å². The highest BCUT2D eigenvalue weighted by atomic mass is 15.3. The minimum absolute atomic E-state index is 0.0165. The number of hydrogen-bond acceptors (Lipinski definition) is 2. The normalized spacial score (nSPS) is 10.8. The van der Waals surface area contributed by atoms with Crippen LogP contribution in [0.25, 0.3) is 0 Å². The van der Waals surface area contributed by atoms with Crippen molar-refractivity contribution in [2.45, 2.75) is 26.3 Å². The van der Waals surface area contributed by atoms with Gasteiger partial charge in [0, 0.05) is 6.20 Å². The quantitative estimate of drug-likeness (QED) is 0.599. The smallest absolute Gasteiger partial charge is 0.0646 e. The van der Waals surface area contributed by atoms with E-state index < -0.39 is 0 Å². The fourth-order valence-corrected chi connectivity index (χ4v) is 0.907. The highest BCUT2D eigenvalue weighted by Gasteiger charge is 2.12. The number of nitrogens with two attached hydrogens (primary N) is 1. The molecule has 3 nitrogen and oxygen atoms in total. The SMILES string of the molecule is CC(C)(C)n1cc(C#CCN)cn1. The molecule has 0 aliphatic carbocycles. The van der Waals surface area contributed by atoms with E-state index in [9.17, 15) is 0 Å². The van der Waals surface area contributed by atoms with E-state index in [1.807, 2.05) is 10.9 Å². The fourth-order valence-electron chi connectivity index (χ4n) is 0.907. The zero-order chi connectivity index (χ0) is 9.90. The van der Waals surface area contributed by atoms with Gasteiger partial charge in [-0.15, -0.1) is 0 Å². The summed E-state index contributed by atoms with van der Waals surface area (Å²) in [6.07, 6.45) is 3.69. The van der Waals surface area contributed by atoms with E-state index in [-0.39, 0.29) is 5.54 Å². The minimum atomic E-state index is 0.0165. The molecule has 1 rings (SSSR count). The van der Waals surface area contributed by atoms with E-state index in [1.54, 1.807) is 6.20 Å². The molecule has 1 aromatic heterocycles. The van der Waals surface area contributed by atoms with Crippen molar-refractivity contribution in [1.29, 1.82) is 0 Å². The van der Waals surface area contributed by atoms with E-state index in [0.717, 1.165) is 5.56 Å². The van der Waals surface area contributed by atoms with Crippen LogP contribution in [0.4, 0.5) is 0 Å². The molecular weight excluding hydrogens is 162 g/mol. The molecule has 1 aromatic rings. The van der Waals surface area contributed by atoms with Crippen LogP contribution in [0.3, 0.4) is 0 Å². The van der Waals surface area contributed by atoms with Crippen molar-refractivity contribution in [1.82, 2.24) is 9.78 Å². The van der Waals surface area contributed by atoms with E-state index >= 15 is 0 Å². The van der Waals surface area contributed by atoms with Gasteiger partial charge in [0.25, 0.3) is 0 Å². The maximum atomic E-state index is 5.27. The molecule has 0 radical (unpaired) electrons. The van der Waals surface area contributed by atoms with Crippen LogP contribution in [0.5, 0.6) is 0 Å². The van der Waals surface area contributed by atoms with Crippen LogP contribution in [0.15, 0.2) is 12.4 Å². The molecule has 0 bridgehead atoms. The van der Waals surface area contributed by atoms with Crippen LogP contribution >= 0.6 is 0 Å². The standard InChI is InChI=1S/C10H15N3/c1-10(2,3)13-8-9(7-12-13)5-4-6-11/h7-8H,6,11H2,1-3H3. The summed E-state index contributed by atoms with van der Waals surface area (Å²) < 4.78 is 1.90. The number of nitrogens with zero attached hydrogens (tertiary/aromatic N) is 2. The van der Waals surface area contributed by atoms with Gasteiger partial charge in [-0.3, -0.25) is 4.68 Å². The Kier molecular flexibility index (Phi) is 2.74. The van der Waals surface area contributed by atoms with Crippen LogP contribution in [-0.2, 0) is 5.54 Å². The molecule has 0 unspecified atom stereocenters. The molecule has 0 amide bonds. The van der Waals surface area contributed by atoms with Gasteiger partial charge in [0.1, 0.15) is 0 Å². The zero-order valence-electron chi connectivity index (χ0n) is 8.33. The number of rotatable bonds is 0. The summed E-state index contributed by atoms with van der Waals surface area (Å²) in [5, 5.41) is 4.21. The topological polar surface area (TPSA) is 43.8 Å². The first kappa shape index (κ1) is 9.82. The average molecular weight is 177 g/mol. The first-order valence-corrected chi connectivity index (χ1v) is 4.28.